The maximum absolute atomic E-state index is 13.9. The van der Waals surface area contributed by atoms with E-state index in [1.807, 2.05) is 36.4 Å². The van der Waals surface area contributed by atoms with Gasteiger partial charge in [-0.2, -0.15) is 10.1 Å². The number of amides is 1. The highest BCUT2D eigenvalue weighted by Gasteiger charge is 2.34. The van der Waals surface area contributed by atoms with Crippen LogP contribution in [0.4, 0.5) is 4.39 Å². The number of aromatic amines is 1. The van der Waals surface area contributed by atoms with E-state index >= 15 is 0 Å². The molecule has 0 radical (unpaired) electrons. The first-order valence-corrected chi connectivity index (χ1v) is 9.63. The molecule has 1 aliphatic heterocycles. The molecule has 1 atom stereocenters. The van der Waals surface area contributed by atoms with E-state index in [0.717, 1.165) is 11.3 Å². The Morgan fingerprint density at radius 3 is 2.77 bits per heavy atom. The molecule has 4 aromatic rings. The normalized spacial score (nSPS) is 16.4. The first-order chi connectivity index (χ1) is 14.7. The van der Waals surface area contributed by atoms with E-state index in [0.29, 0.717) is 29.5 Å². The number of likely N-dealkylation sites (tertiary alicyclic amines) is 1. The molecule has 2 aromatic carbocycles. The number of aromatic nitrogens is 4. The lowest BCUT2D eigenvalue weighted by molar-refractivity contribution is -0.128. The topological polar surface area (TPSA) is 87.9 Å². The molecule has 5 rings (SSSR count). The zero-order valence-corrected chi connectivity index (χ0v) is 16.0. The van der Waals surface area contributed by atoms with Gasteiger partial charge in [-0.1, -0.05) is 53.7 Å². The maximum atomic E-state index is 13.9. The highest BCUT2D eigenvalue weighted by molar-refractivity contribution is 5.79. The molecule has 0 bridgehead atoms. The van der Waals surface area contributed by atoms with Crippen molar-refractivity contribution in [2.24, 2.45) is 0 Å². The third-order valence-corrected chi connectivity index (χ3v) is 5.22. The van der Waals surface area contributed by atoms with Gasteiger partial charge in [-0.15, -0.1) is 0 Å². The van der Waals surface area contributed by atoms with Crippen molar-refractivity contribution in [3.63, 3.8) is 0 Å². The van der Waals surface area contributed by atoms with Crippen LogP contribution in [-0.4, -0.2) is 37.7 Å². The van der Waals surface area contributed by atoms with Gasteiger partial charge in [-0.3, -0.25) is 9.89 Å². The summed E-state index contributed by atoms with van der Waals surface area (Å²) in [5.41, 5.74) is 2.86. The van der Waals surface area contributed by atoms with E-state index in [9.17, 15) is 9.18 Å². The van der Waals surface area contributed by atoms with Crippen molar-refractivity contribution >= 4 is 5.91 Å². The molecule has 1 aliphatic rings. The third-order valence-electron chi connectivity index (χ3n) is 5.22. The fourth-order valence-electron chi connectivity index (χ4n) is 3.63. The summed E-state index contributed by atoms with van der Waals surface area (Å²) in [6.07, 6.45) is 0.270. The lowest BCUT2D eigenvalue weighted by atomic mass is 10.1. The van der Waals surface area contributed by atoms with Gasteiger partial charge in [0.2, 0.25) is 5.91 Å². The quantitative estimate of drug-likeness (QED) is 0.548. The van der Waals surface area contributed by atoms with Crippen molar-refractivity contribution in [2.45, 2.75) is 18.9 Å². The van der Waals surface area contributed by atoms with Crippen LogP contribution in [0.3, 0.4) is 0 Å². The van der Waals surface area contributed by atoms with Gasteiger partial charge in [-0.05, 0) is 12.1 Å². The largest absolute Gasteiger partial charge is 0.337 e. The Bertz CT molecular complexity index is 1190. The van der Waals surface area contributed by atoms with Gasteiger partial charge < -0.3 is 9.42 Å². The summed E-state index contributed by atoms with van der Waals surface area (Å²) in [5, 5.41) is 11.3. The number of carbonyl (C=O) groups is 1. The number of hydrogen-bond donors (Lipinski definition) is 1. The second-order valence-electron chi connectivity index (χ2n) is 7.26. The number of carbonyl (C=O) groups excluding carboxylic acids is 1. The highest BCUT2D eigenvalue weighted by Crippen LogP contribution is 2.30. The summed E-state index contributed by atoms with van der Waals surface area (Å²) in [5.74, 6) is 0.217. The molecule has 7 nitrogen and oxygen atoms in total. The second-order valence-corrected chi connectivity index (χ2v) is 7.26. The van der Waals surface area contributed by atoms with Gasteiger partial charge in [0, 0.05) is 36.6 Å². The minimum Gasteiger partial charge on any atom is -0.337 e. The molecule has 1 unspecified atom stereocenters. The molecular weight excluding hydrogens is 385 g/mol. The minimum atomic E-state index is -0.316. The SMILES string of the molecule is O=C1CC(c2noc(-c3cc(-c4ccccc4)n[nH]3)n2)CN1Cc1ccccc1F. The number of nitrogens with zero attached hydrogens (tertiary/aromatic N) is 4. The van der Waals surface area contributed by atoms with Gasteiger partial charge in [0.05, 0.1) is 5.69 Å². The molecule has 0 spiro atoms. The average Bonchev–Trinajstić information content (AvgIpc) is 3.50. The van der Waals surface area contributed by atoms with Gasteiger partial charge in [0.15, 0.2) is 5.82 Å². The molecule has 1 amide bonds. The molecule has 1 fully saturated rings. The van der Waals surface area contributed by atoms with Crippen molar-refractivity contribution in [3.05, 3.63) is 77.9 Å². The minimum absolute atomic E-state index is 0.0532. The molecule has 0 aliphatic carbocycles. The van der Waals surface area contributed by atoms with Gasteiger partial charge in [0.25, 0.3) is 5.89 Å². The molecule has 1 N–H and O–H groups in total. The van der Waals surface area contributed by atoms with Crippen molar-refractivity contribution in [3.8, 4) is 22.8 Å². The standard InChI is InChI=1S/C22H18FN5O2/c23-17-9-5-4-8-15(17)12-28-13-16(10-20(28)29)21-24-22(30-27-21)19-11-18(25-26-19)14-6-2-1-3-7-14/h1-9,11,16H,10,12-13H2,(H,25,26). The highest BCUT2D eigenvalue weighted by atomic mass is 19.1. The van der Waals surface area contributed by atoms with Crippen molar-refractivity contribution < 1.29 is 13.7 Å². The Morgan fingerprint density at radius 1 is 1.13 bits per heavy atom. The van der Waals surface area contributed by atoms with E-state index in [1.165, 1.54) is 6.07 Å². The number of benzene rings is 2. The first kappa shape index (κ1) is 18.2. The number of halogens is 1. The van der Waals surface area contributed by atoms with Crippen molar-refractivity contribution in [1.29, 1.82) is 0 Å². The molecule has 8 heteroatoms. The monoisotopic (exact) mass is 403 g/mol. The van der Waals surface area contributed by atoms with Crippen LogP contribution in [0, 0.1) is 5.82 Å². The Balaban J connectivity index is 1.31. The van der Waals surface area contributed by atoms with Crippen LogP contribution in [-0.2, 0) is 11.3 Å². The van der Waals surface area contributed by atoms with Crippen molar-refractivity contribution in [1.82, 2.24) is 25.2 Å². The molecule has 3 heterocycles. The summed E-state index contributed by atoms with van der Waals surface area (Å²) in [6, 6.07) is 18.1. The number of H-pyrrole nitrogens is 1. The predicted octanol–water partition coefficient (Wildman–Crippen LogP) is 3.78. The van der Waals surface area contributed by atoms with E-state index < -0.39 is 0 Å². The van der Waals surface area contributed by atoms with Crippen LogP contribution in [0.2, 0.25) is 0 Å². The van der Waals surface area contributed by atoms with Gasteiger partial charge >= 0.3 is 0 Å². The zero-order chi connectivity index (χ0) is 20.5. The Kier molecular flexibility index (Phi) is 4.59. The summed E-state index contributed by atoms with van der Waals surface area (Å²) < 4.78 is 19.3. The third kappa shape index (κ3) is 3.47. The fourth-order valence-corrected chi connectivity index (χ4v) is 3.63. The van der Waals surface area contributed by atoms with Crippen LogP contribution in [0.5, 0.6) is 0 Å². The van der Waals surface area contributed by atoms with Gasteiger partial charge in [-0.25, -0.2) is 4.39 Å². The van der Waals surface area contributed by atoms with Gasteiger partial charge in [0.1, 0.15) is 11.5 Å². The van der Waals surface area contributed by atoms with Crippen LogP contribution in [0.25, 0.3) is 22.8 Å². The Morgan fingerprint density at radius 2 is 1.93 bits per heavy atom. The number of hydrogen-bond acceptors (Lipinski definition) is 5. The van der Waals surface area contributed by atoms with E-state index in [-0.39, 0.29) is 30.6 Å². The van der Waals surface area contributed by atoms with Crippen molar-refractivity contribution in [2.75, 3.05) is 6.54 Å². The first-order valence-electron chi connectivity index (χ1n) is 9.63. The maximum Gasteiger partial charge on any atom is 0.275 e. The lowest BCUT2D eigenvalue weighted by Crippen LogP contribution is -2.25. The molecule has 1 saturated heterocycles. The number of nitrogens with one attached hydrogen (secondary N) is 1. The summed E-state index contributed by atoms with van der Waals surface area (Å²) >= 11 is 0. The van der Waals surface area contributed by atoms with E-state index in [2.05, 4.69) is 20.3 Å². The average molecular weight is 403 g/mol. The molecule has 150 valence electrons. The van der Waals surface area contributed by atoms with E-state index in [1.54, 1.807) is 23.1 Å². The zero-order valence-electron chi connectivity index (χ0n) is 16.0. The Hall–Kier alpha value is -3.81. The molecular formula is C22H18FN5O2. The summed E-state index contributed by atoms with van der Waals surface area (Å²) in [4.78, 5) is 18.5. The summed E-state index contributed by atoms with van der Waals surface area (Å²) in [6.45, 7) is 0.651. The molecule has 0 saturated carbocycles. The van der Waals surface area contributed by atoms with Crippen LogP contribution < -0.4 is 0 Å². The lowest BCUT2D eigenvalue weighted by Gasteiger charge is -2.16. The van der Waals surface area contributed by atoms with E-state index in [4.69, 9.17) is 4.52 Å². The second kappa shape index (κ2) is 7.55. The smallest absolute Gasteiger partial charge is 0.275 e. The fraction of sp³-hybridized carbons (Fsp3) is 0.182. The predicted molar refractivity (Wildman–Crippen MR) is 106 cm³/mol. The van der Waals surface area contributed by atoms with Crippen LogP contribution in [0.1, 0.15) is 23.7 Å². The molecule has 2 aromatic heterocycles. The molecule has 30 heavy (non-hydrogen) atoms. The Labute approximate surface area is 171 Å². The van der Waals surface area contributed by atoms with Crippen LogP contribution >= 0.6 is 0 Å². The number of rotatable bonds is 5. The van der Waals surface area contributed by atoms with Crippen LogP contribution in [0.15, 0.2) is 65.2 Å². The summed E-state index contributed by atoms with van der Waals surface area (Å²) in [7, 11) is 0.